The van der Waals surface area contributed by atoms with Gasteiger partial charge >= 0.3 is 6.18 Å². The quantitative estimate of drug-likeness (QED) is 0.855. The molecule has 0 bridgehead atoms. The average molecular weight is 289 g/mol. The molecule has 110 valence electrons. The van der Waals surface area contributed by atoms with Crippen molar-refractivity contribution in [1.29, 1.82) is 0 Å². The van der Waals surface area contributed by atoms with Crippen LogP contribution in [0, 0.1) is 5.82 Å². The van der Waals surface area contributed by atoms with Crippen molar-refractivity contribution in [3.8, 4) is 0 Å². The first-order valence-corrected chi connectivity index (χ1v) is 6.30. The molecule has 0 fully saturated rings. The van der Waals surface area contributed by atoms with E-state index in [1.807, 2.05) is 0 Å². The molecule has 1 atom stereocenters. The highest BCUT2D eigenvalue weighted by Gasteiger charge is 2.32. The Bertz CT molecular complexity index is 510. The SMILES string of the molecule is CNC(C1=CCCCO1)c1cc(C(F)(F)F)ccc1F. The van der Waals surface area contributed by atoms with E-state index in [9.17, 15) is 17.6 Å². The van der Waals surface area contributed by atoms with Gasteiger partial charge in [-0.15, -0.1) is 0 Å². The molecule has 0 saturated carbocycles. The molecule has 1 heterocycles. The van der Waals surface area contributed by atoms with Crippen LogP contribution in [0.4, 0.5) is 17.6 Å². The predicted molar refractivity (Wildman–Crippen MR) is 66.5 cm³/mol. The van der Waals surface area contributed by atoms with Gasteiger partial charge in [-0.25, -0.2) is 4.39 Å². The summed E-state index contributed by atoms with van der Waals surface area (Å²) >= 11 is 0. The minimum Gasteiger partial charge on any atom is -0.496 e. The van der Waals surface area contributed by atoms with Crippen LogP contribution in [0.5, 0.6) is 0 Å². The smallest absolute Gasteiger partial charge is 0.416 e. The van der Waals surface area contributed by atoms with Gasteiger partial charge in [0, 0.05) is 5.56 Å². The van der Waals surface area contributed by atoms with Gasteiger partial charge in [-0.3, -0.25) is 0 Å². The summed E-state index contributed by atoms with van der Waals surface area (Å²) < 4.78 is 57.4. The van der Waals surface area contributed by atoms with Crippen LogP contribution in [0.3, 0.4) is 0 Å². The summed E-state index contributed by atoms with van der Waals surface area (Å²) in [6.07, 6.45) is -1.09. The first-order chi connectivity index (χ1) is 9.43. The molecule has 0 aromatic heterocycles. The van der Waals surface area contributed by atoms with Gasteiger partial charge in [0.15, 0.2) is 0 Å². The van der Waals surface area contributed by atoms with Crippen LogP contribution in [0.15, 0.2) is 30.0 Å². The van der Waals surface area contributed by atoms with Crippen LogP contribution < -0.4 is 5.32 Å². The second-order valence-corrected chi connectivity index (χ2v) is 4.55. The van der Waals surface area contributed by atoms with Gasteiger partial charge in [-0.2, -0.15) is 13.2 Å². The minimum absolute atomic E-state index is 0.0597. The van der Waals surface area contributed by atoms with Gasteiger partial charge in [0.2, 0.25) is 0 Å². The molecule has 1 aromatic carbocycles. The standard InChI is InChI=1S/C14H15F4NO/c1-19-13(12-4-2-3-7-20-12)10-8-9(14(16,17)18)5-6-11(10)15/h4-6,8,13,19H,2-3,7H2,1H3. The summed E-state index contributed by atoms with van der Waals surface area (Å²) in [6, 6.07) is 1.70. The predicted octanol–water partition coefficient (Wildman–Crippen LogP) is 3.80. The van der Waals surface area contributed by atoms with E-state index >= 15 is 0 Å². The Morgan fingerprint density at radius 1 is 1.30 bits per heavy atom. The van der Waals surface area contributed by atoms with Crippen molar-refractivity contribution in [2.75, 3.05) is 13.7 Å². The van der Waals surface area contributed by atoms with Gasteiger partial charge in [-0.1, -0.05) is 0 Å². The van der Waals surface area contributed by atoms with Crippen LogP contribution >= 0.6 is 0 Å². The largest absolute Gasteiger partial charge is 0.496 e. The lowest BCUT2D eigenvalue weighted by Crippen LogP contribution is -2.23. The molecule has 2 rings (SSSR count). The molecule has 1 aliphatic rings. The van der Waals surface area contributed by atoms with Crippen molar-refractivity contribution in [3.05, 3.63) is 47.0 Å². The maximum Gasteiger partial charge on any atom is 0.416 e. The van der Waals surface area contributed by atoms with Gasteiger partial charge in [-0.05, 0) is 44.2 Å². The third-order valence-electron chi connectivity index (χ3n) is 3.17. The summed E-state index contributed by atoms with van der Waals surface area (Å²) in [7, 11) is 1.56. The Hall–Kier alpha value is -1.56. The summed E-state index contributed by atoms with van der Waals surface area (Å²) in [6.45, 7) is 0.491. The summed E-state index contributed by atoms with van der Waals surface area (Å²) in [5, 5.41) is 2.81. The summed E-state index contributed by atoms with van der Waals surface area (Å²) in [5.41, 5.74) is -0.930. The van der Waals surface area contributed by atoms with Gasteiger partial charge < -0.3 is 10.1 Å². The zero-order chi connectivity index (χ0) is 14.8. The van der Waals surface area contributed by atoms with Gasteiger partial charge in [0.25, 0.3) is 0 Å². The van der Waals surface area contributed by atoms with Crippen LogP contribution in [0.25, 0.3) is 0 Å². The first-order valence-electron chi connectivity index (χ1n) is 6.30. The molecule has 1 unspecified atom stereocenters. The Balaban J connectivity index is 2.40. The maximum atomic E-state index is 13.9. The van der Waals surface area contributed by atoms with Gasteiger partial charge in [0.05, 0.1) is 18.2 Å². The topological polar surface area (TPSA) is 21.3 Å². The lowest BCUT2D eigenvalue weighted by molar-refractivity contribution is -0.137. The fourth-order valence-corrected chi connectivity index (χ4v) is 2.17. The molecule has 1 N–H and O–H groups in total. The molecule has 0 spiro atoms. The van der Waals surface area contributed by atoms with E-state index in [1.54, 1.807) is 13.1 Å². The second-order valence-electron chi connectivity index (χ2n) is 4.55. The highest BCUT2D eigenvalue weighted by Crippen LogP contribution is 2.34. The zero-order valence-corrected chi connectivity index (χ0v) is 10.9. The Morgan fingerprint density at radius 3 is 2.60 bits per heavy atom. The Kier molecular flexibility index (Phi) is 4.32. The molecular weight excluding hydrogens is 274 g/mol. The van der Waals surface area contributed by atoms with E-state index in [0.717, 1.165) is 31.0 Å². The number of alkyl halides is 3. The van der Waals surface area contributed by atoms with Crippen molar-refractivity contribution in [1.82, 2.24) is 5.32 Å². The van der Waals surface area contributed by atoms with Crippen LogP contribution in [-0.2, 0) is 10.9 Å². The Morgan fingerprint density at radius 2 is 2.05 bits per heavy atom. The molecular formula is C14H15F4NO. The van der Waals surface area contributed by atoms with E-state index in [2.05, 4.69) is 5.32 Å². The molecule has 6 heteroatoms. The monoisotopic (exact) mass is 289 g/mol. The lowest BCUT2D eigenvalue weighted by Gasteiger charge is -2.24. The lowest BCUT2D eigenvalue weighted by atomic mass is 9.99. The van der Waals surface area contributed by atoms with Crippen molar-refractivity contribution < 1.29 is 22.3 Å². The van der Waals surface area contributed by atoms with E-state index in [-0.39, 0.29) is 5.56 Å². The van der Waals surface area contributed by atoms with Crippen LogP contribution in [0.1, 0.15) is 30.0 Å². The summed E-state index contributed by atoms with van der Waals surface area (Å²) in [5.74, 6) is -0.218. The number of likely N-dealkylation sites (N-methyl/N-ethyl adjacent to an activating group) is 1. The van der Waals surface area contributed by atoms with Crippen LogP contribution in [-0.4, -0.2) is 13.7 Å². The number of hydrogen-bond acceptors (Lipinski definition) is 2. The normalized spacial score (nSPS) is 17.4. The first kappa shape index (κ1) is 14.8. The molecule has 1 aliphatic heterocycles. The number of allylic oxidation sites excluding steroid dienone is 1. The van der Waals surface area contributed by atoms with Crippen LogP contribution in [0.2, 0.25) is 0 Å². The number of halogens is 4. The van der Waals surface area contributed by atoms with Crippen molar-refractivity contribution in [2.45, 2.75) is 25.1 Å². The molecule has 0 saturated heterocycles. The zero-order valence-electron chi connectivity index (χ0n) is 10.9. The number of benzene rings is 1. The van der Waals surface area contributed by atoms with E-state index in [0.29, 0.717) is 12.4 Å². The molecule has 0 radical (unpaired) electrons. The number of nitrogens with one attached hydrogen (secondary N) is 1. The molecule has 2 nitrogen and oxygen atoms in total. The third kappa shape index (κ3) is 3.12. The molecule has 20 heavy (non-hydrogen) atoms. The molecule has 1 aromatic rings. The summed E-state index contributed by atoms with van der Waals surface area (Å²) in [4.78, 5) is 0. The highest BCUT2D eigenvalue weighted by molar-refractivity contribution is 5.33. The number of hydrogen-bond donors (Lipinski definition) is 1. The highest BCUT2D eigenvalue weighted by atomic mass is 19.4. The fourth-order valence-electron chi connectivity index (χ4n) is 2.17. The Labute approximate surface area is 114 Å². The van der Waals surface area contributed by atoms with Crippen molar-refractivity contribution in [2.24, 2.45) is 0 Å². The number of ether oxygens (including phenoxy) is 1. The minimum atomic E-state index is -4.50. The average Bonchev–Trinajstić information content (AvgIpc) is 2.41. The number of rotatable bonds is 3. The molecule has 0 aliphatic carbocycles. The van der Waals surface area contributed by atoms with Crippen molar-refractivity contribution in [3.63, 3.8) is 0 Å². The maximum absolute atomic E-state index is 13.9. The third-order valence-corrected chi connectivity index (χ3v) is 3.17. The van der Waals surface area contributed by atoms with E-state index < -0.39 is 23.6 Å². The van der Waals surface area contributed by atoms with E-state index in [1.165, 1.54) is 0 Å². The fraction of sp³-hybridized carbons (Fsp3) is 0.429. The van der Waals surface area contributed by atoms with E-state index in [4.69, 9.17) is 4.74 Å². The second kappa shape index (κ2) is 5.83. The van der Waals surface area contributed by atoms with Gasteiger partial charge in [0.1, 0.15) is 11.6 Å². The molecule has 0 amide bonds. The van der Waals surface area contributed by atoms with Crippen molar-refractivity contribution >= 4 is 0 Å².